The van der Waals surface area contributed by atoms with Crippen LogP contribution in [0.1, 0.15) is 78.1 Å². The molecular weight excluding hydrogens is 345 g/mol. The molecule has 0 aromatic rings. The van der Waals surface area contributed by atoms with E-state index in [1.54, 1.807) is 0 Å². The minimum atomic E-state index is -0.555. The van der Waals surface area contributed by atoms with Crippen LogP contribution in [0, 0.1) is 0 Å². The maximum atomic E-state index is 11.7. The molecule has 1 atom stereocenters. The summed E-state index contributed by atoms with van der Waals surface area (Å²) >= 11 is 2.76. The van der Waals surface area contributed by atoms with E-state index in [0.717, 1.165) is 12.8 Å². The van der Waals surface area contributed by atoms with E-state index in [9.17, 15) is 9.59 Å². The molecule has 4 nitrogen and oxygen atoms in total. The number of carbonyl (C=O) groups is 2. The van der Waals surface area contributed by atoms with E-state index in [-0.39, 0.29) is 11.9 Å². The molecule has 0 aromatic heterocycles. The van der Waals surface area contributed by atoms with Gasteiger partial charge in [-0.2, -0.15) is 0 Å². The third-order valence-corrected chi connectivity index (χ3v) is 4.27. The van der Waals surface area contributed by atoms with Gasteiger partial charge in [-0.25, -0.2) is 0 Å². The Morgan fingerprint density at radius 3 is 1.91 bits per heavy atom. The van der Waals surface area contributed by atoms with Gasteiger partial charge in [0.15, 0.2) is 0 Å². The van der Waals surface area contributed by atoms with Crippen LogP contribution >= 0.6 is 0 Å². The van der Waals surface area contributed by atoms with Crippen molar-refractivity contribution in [1.82, 2.24) is 5.32 Å². The van der Waals surface area contributed by atoms with Gasteiger partial charge in [0.2, 0.25) is 0 Å². The average Bonchev–Trinajstić information content (AvgIpc) is 2.49. The van der Waals surface area contributed by atoms with E-state index in [4.69, 9.17) is 4.74 Å². The predicted molar refractivity (Wildman–Crippen MR) is 91.0 cm³/mol. The van der Waals surface area contributed by atoms with Crippen molar-refractivity contribution in [3.63, 3.8) is 0 Å². The Balaban J connectivity index is 3.41. The zero-order chi connectivity index (χ0) is 16.6. The van der Waals surface area contributed by atoms with Crippen molar-refractivity contribution >= 4 is 27.9 Å². The van der Waals surface area contributed by atoms with Crippen LogP contribution < -0.4 is 5.32 Å². The van der Waals surface area contributed by atoms with E-state index in [0.29, 0.717) is 11.9 Å². The van der Waals surface area contributed by atoms with Crippen LogP contribution in [0.15, 0.2) is 0 Å². The molecule has 0 saturated heterocycles. The van der Waals surface area contributed by atoms with Crippen molar-refractivity contribution < 1.29 is 14.3 Å². The van der Waals surface area contributed by atoms with Crippen LogP contribution in [-0.4, -0.2) is 40.5 Å². The first-order valence-corrected chi connectivity index (χ1v) is 9.84. The van der Waals surface area contributed by atoms with Gasteiger partial charge in [-0.05, 0) is 0 Å². The Morgan fingerprint density at radius 2 is 1.45 bits per heavy atom. The van der Waals surface area contributed by atoms with Crippen molar-refractivity contribution in [3.8, 4) is 0 Å². The van der Waals surface area contributed by atoms with Crippen LogP contribution in [0.2, 0.25) is 5.32 Å². The van der Waals surface area contributed by atoms with Gasteiger partial charge in [0.05, 0.1) is 0 Å². The van der Waals surface area contributed by atoms with Gasteiger partial charge >= 0.3 is 117 Å². The summed E-state index contributed by atoms with van der Waals surface area (Å²) in [6.45, 7) is 4.09. The third kappa shape index (κ3) is 13.1. The van der Waals surface area contributed by atoms with Crippen LogP contribution in [0.5, 0.6) is 0 Å². The molecule has 129 valence electrons. The van der Waals surface area contributed by atoms with Gasteiger partial charge < -0.3 is 0 Å². The third-order valence-electron chi connectivity index (χ3n) is 3.57. The number of unbranched alkanes of at least 4 members (excludes halogenated alkanes) is 9. The molecule has 0 saturated carbocycles. The first-order valence-electron chi connectivity index (χ1n) is 8.63. The number of nitrogens with one attached hydrogen (secondary N) is 1. The van der Waals surface area contributed by atoms with Crippen molar-refractivity contribution in [2.45, 2.75) is 89.4 Å². The second-order valence-electron chi connectivity index (χ2n) is 5.77. The summed E-state index contributed by atoms with van der Waals surface area (Å²) in [6, 6.07) is -0.555. The van der Waals surface area contributed by atoms with Gasteiger partial charge in [0.1, 0.15) is 0 Å². The molecule has 0 aromatic carbocycles. The van der Waals surface area contributed by atoms with E-state index in [1.165, 1.54) is 58.3 Å². The van der Waals surface area contributed by atoms with E-state index in [2.05, 4.69) is 28.3 Å². The summed E-state index contributed by atoms with van der Waals surface area (Å²) in [7, 11) is 0. The fourth-order valence-electron chi connectivity index (χ4n) is 2.28. The fraction of sp³-hybridized carbons (Fsp3) is 0.882. The molecule has 0 rings (SSSR count). The first-order chi connectivity index (χ1) is 10.6. The molecule has 1 amide bonds. The SMILES string of the molecule is CCCCCCCCCCCCOC(=O)[C@H](C[Se])NC(C)=O. The fourth-order valence-corrected chi connectivity index (χ4v) is 2.74. The quantitative estimate of drug-likeness (QED) is 0.286. The molecule has 0 fully saturated rings. The molecule has 0 unspecified atom stereocenters. The summed E-state index contributed by atoms with van der Waals surface area (Å²) in [5, 5.41) is 3.02. The van der Waals surface area contributed by atoms with Crippen LogP contribution in [0.25, 0.3) is 0 Å². The Morgan fingerprint density at radius 1 is 0.955 bits per heavy atom. The Bertz CT molecular complexity index is 298. The number of hydrogen-bond acceptors (Lipinski definition) is 3. The molecule has 1 N–H and O–H groups in total. The minimum absolute atomic E-state index is 0.212. The number of esters is 1. The van der Waals surface area contributed by atoms with Crippen LogP contribution in [-0.2, 0) is 14.3 Å². The maximum absolute atomic E-state index is 11.7. The number of carbonyl (C=O) groups excluding carboxylic acids is 2. The molecule has 0 aliphatic carbocycles. The summed E-state index contributed by atoms with van der Waals surface area (Å²) < 4.78 is 5.19. The van der Waals surface area contributed by atoms with Gasteiger partial charge in [0, 0.05) is 0 Å². The topological polar surface area (TPSA) is 55.4 Å². The van der Waals surface area contributed by atoms with E-state index < -0.39 is 6.04 Å². The summed E-state index contributed by atoms with van der Waals surface area (Å²) in [4.78, 5) is 22.7. The monoisotopic (exact) mass is 378 g/mol. The number of ether oxygens (including phenoxy) is 1. The molecule has 0 heterocycles. The molecule has 0 aliphatic rings. The summed E-state index contributed by atoms with van der Waals surface area (Å²) in [5.74, 6) is -0.555. The summed E-state index contributed by atoms with van der Waals surface area (Å²) in [6.07, 6.45) is 12.6. The van der Waals surface area contributed by atoms with Crippen molar-refractivity contribution in [2.75, 3.05) is 6.61 Å². The number of hydrogen-bond donors (Lipinski definition) is 1. The summed E-state index contributed by atoms with van der Waals surface area (Å²) in [5.41, 5.74) is 0. The van der Waals surface area contributed by atoms with E-state index in [1.807, 2.05) is 0 Å². The normalized spacial score (nSPS) is 12.0. The van der Waals surface area contributed by atoms with Gasteiger partial charge in [0.25, 0.3) is 0 Å². The van der Waals surface area contributed by atoms with Crippen LogP contribution in [0.3, 0.4) is 0 Å². The van der Waals surface area contributed by atoms with Crippen molar-refractivity contribution in [2.24, 2.45) is 0 Å². The van der Waals surface area contributed by atoms with Gasteiger partial charge in [-0.3, -0.25) is 0 Å². The van der Waals surface area contributed by atoms with Gasteiger partial charge in [-0.15, -0.1) is 0 Å². The Labute approximate surface area is 143 Å². The van der Waals surface area contributed by atoms with E-state index >= 15 is 0 Å². The van der Waals surface area contributed by atoms with Crippen molar-refractivity contribution in [1.29, 1.82) is 0 Å². The van der Waals surface area contributed by atoms with Crippen LogP contribution in [0.4, 0.5) is 0 Å². The Kier molecular flexibility index (Phi) is 15.0. The average molecular weight is 377 g/mol. The molecule has 0 spiro atoms. The molecule has 22 heavy (non-hydrogen) atoms. The number of rotatable bonds is 14. The molecule has 0 aliphatic heterocycles. The van der Waals surface area contributed by atoms with Gasteiger partial charge in [-0.1, -0.05) is 26.2 Å². The zero-order valence-corrected chi connectivity index (χ0v) is 15.9. The number of amides is 1. The zero-order valence-electron chi connectivity index (χ0n) is 14.2. The first kappa shape index (κ1) is 21.5. The molecule has 0 bridgehead atoms. The molecule has 5 heteroatoms. The Hall–Kier alpha value is -0.541. The van der Waals surface area contributed by atoms with Crippen molar-refractivity contribution in [3.05, 3.63) is 0 Å². The standard InChI is InChI=1S/C17H32NO3Se/c1-3-4-5-6-7-8-9-10-11-12-13-21-17(20)16(14-22)18-15(2)19/h16H,3-14H2,1-2H3,(H,18,19)/t16-/m0/s1. The predicted octanol–water partition coefficient (Wildman–Crippen LogP) is 3.54. The second kappa shape index (κ2) is 15.4. The molecular formula is C17H32NO3Se. The second-order valence-corrected chi connectivity index (χ2v) is 6.47. The molecule has 1 radical (unpaired) electrons.